The van der Waals surface area contributed by atoms with Crippen LogP contribution in [0.2, 0.25) is 5.02 Å². The van der Waals surface area contributed by atoms with Gasteiger partial charge in [-0.05, 0) is 45.0 Å². The Labute approximate surface area is 171 Å². The minimum atomic E-state index is -0.760. The first-order valence-corrected chi connectivity index (χ1v) is 9.04. The minimum Gasteiger partial charge on any atom is -0.481 e. The highest BCUT2D eigenvalue weighted by Crippen LogP contribution is 2.38. The number of nitro groups is 1. The number of nitrogens with one attached hydrogen (secondary N) is 1. The number of benzene rings is 2. The number of rotatable bonds is 4. The molecule has 0 bridgehead atoms. The molecule has 1 aliphatic heterocycles. The summed E-state index contributed by atoms with van der Waals surface area (Å²) in [6.45, 7) is 5.19. The first-order chi connectivity index (χ1) is 13.6. The van der Waals surface area contributed by atoms with Crippen molar-refractivity contribution in [2.24, 2.45) is 0 Å². The number of anilines is 1. The van der Waals surface area contributed by atoms with Gasteiger partial charge < -0.3 is 4.74 Å². The maximum Gasteiger partial charge on any atom is 0.313 e. The predicted octanol–water partition coefficient (Wildman–Crippen LogP) is 3.89. The molecule has 0 unspecified atom stereocenters. The van der Waals surface area contributed by atoms with Gasteiger partial charge in [-0.3, -0.25) is 25.1 Å². The second-order valence-electron chi connectivity index (χ2n) is 7.29. The molecule has 1 heterocycles. The molecule has 0 atom stereocenters. The van der Waals surface area contributed by atoms with Gasteiger partial charge in [0.25, 0.3) is 11.8 Å². The summed E-state index contributed by atoms with van der Waals surface area (Å²) in [7, 11) is 0. The zero-order chi connectivity index (χ0) is 21.3. The predicted molar refractivity (Wildman–Crippen MR) is 109 cm³/mol. The topological polar surface area (TPSA) is 102 Å². The molecule has 0 radical (unpaired) electrons. The molecular weight excluding hydrogens is 398 g/mol. The van der Waals surface area contributed by atoms with Crippen LogP contribution < -0.4 is 15.2 Å². The first-order valence-electron chi connectivity index (χ1n) is 8.66. The average Bonchev–Trinajstić information content (AvgIpc) is 2.91. The molecule has 0 aromatic heterocycles. The molecular formula is C20H18ClN3O5. The number of ether oxygens (including phenoxy) is 1. The van der Waals surface area contributed by atoms with Gasteiger partial charge in [0.05, 0.1) is 10.6 Å². The lowest BCUT2D eigenvalue weighted by molar-refractivity contribution is -0.386. The number of amides is 2. The molecule has 1 N–H and O–H groups in total. The molecule has 2 aromatic rings. The monoisotopic (exact) mass is 415 g/mol. The number of hydrogen-bond acceptors (Lipinski definition) is 5. The van der Waals surface area contributed by atoms with Gasteiger partial charge in [0.2, 0.25) is 5.75 Å². The molecule has 150 valence electrons. The summed E-state index contributed by atoms with van der Waals surface area (Å²) >= 11 is 6.03. The van der Waals surface area contributed by atoms with Gasteiger partial charge in [-0.1, -0.05) is 29.8 Å². The second-order valence-corrected chi connectivity index (χ2v) is 7.73. The summed E-state index contributed by atoms with van der Waals surface area (Å²) in [5.41, 5.74) is 1.82. The molecule has 1 fully saturated rings. The van der Waals surface area contributed by atoms with Crippen LogP contribution in [0.25, 0.3) is 6.08 Å². The fraction of sp³-hybridized carbons (Fsp3) is 0.200. The van der Waals surface area contributed by atoms with Crippen molar-refractivity contribution in [3.8, 4) is 5.75 Å². The van der Waals surface area contributed by atoms with Gasteiger partial charge in [-0.15, -0.1) is 0 Å². The van der Waals surface area contributed by atoms with Crippen molar-refractivity contribution in [3.63, 3.8) is 0 Å². The normalized spacial score (nSPS) is 15.6. The highest BCUT2D eigenvalue weighted by molar-refractivity contribution is 6.32. The van der Waals surface area contributed by atoms with Crippen molar-refractivity contribution in [1.29, 1.82) is 0 Å². The van der Waals surface area contributed by atoms with Gasteiger partial charge in [0.1, 0.15) is 11.2 Å². The molecule has 2 aromatic carbocycles. The molecule has 2 amide bonds. The number of para-hydroxylation sites is 1. The van der Waals surface area contributed by atoms with Crippen LogP contribution in [0.15, 0.2) is 48.0 Å². The third-order valence-electron chi connectivity index (χ3n) is 3.87. The van der Waals surface area contributed by atoms with E-state index in [1.165, 1.54) is 12.1 Å². The Morgan fingerprint density at radius 2 is 1.83 bits per heavy atom. The SMILES string of the molecule is CC(C)(C)Oc1c(/C=C2/C(=O)NN(c3ccccc3)C2=O)cc(Cl)cc1[N+](=O)[O-]. The van der Waals surface area contributed by atoms with Gasteiger partial charge in [0.15, 0.2) is 0 Å². The second kappa shape index (κ2) is 7.56. The Hall–Kier alpha value is -3.39. The van der Waals surface area contributed by atoms with E-state index in [0.29, 0.717) is 5.69 Å². The van der Waals surface area contributed by atoms with Crippen LogP contribution in [-0.2, 0) is 9.59 Å². The summed E-state index contributed by atoms with van der Waals surface area (Å²) in [6, 6.07) is 11.1. The van der Waals surface area contributed by atoms with E-state index in [9.17, 15) is 19.7 Å². The largest absolute Gasteiger partial charge is 0.481 e. The number of nitro benzene ring substituents is 1. The van der Waals surface area contributed by atoms with Crippen LogP contribution in [0.4, 0.5) is 11.4 Å². The summed E-state index contributed by atoms with van der Waals surface area (Å²) in [5.74, 6) is -1.30. The summed E-state index contributed by atoms with van der Waals surface area (Å²) < 4.78 is 5.77. The number of hydrazine groups is 1. The molecule has 8 nitrogen and oxygen atoms in total. The standard InChI is InChI=1S/C20H18ClN3O5/c1-20(2,3)29-17-12(9-13(21)11-16(17)24(27)28)10-15-18(25)22-23(19(15)26)14-7-5-4-6-8-14/h4-11H,1-3H3,(H,22,25)/b15-10-. The number of carbonyl (C=O) groups is 2. The lowest BCUT2D eigenvalue weighted by atomic mass is 10.1. The van der Waals surface area contributed by atoms with E-state index < -0.39 is 22.3 Å². The maximum absolute atomic E-state index is 12.8. The Morgan fingerprint density at radius 3 is 2.41 bits per heavy atom. The van der Waals surface area contributed by atoms with E-state index in [-0.39, 0.29) is 27.6 Å². The zero-order valence-corrected chi connectivity index (χ0v) is 16.7. The van der Waals surface area contributed by atoms with Crippen molar-refractivity contribution in [2.45, 2.75) is 26.4 Å². The third-order valence-corrected chi connectivity index (χ3v) is 4.09. The van der Waals surface area contributed by atoms with Crippen LogP contribution >= 0.6 is 11.6 Å². The molecule has 0 aliphatic carbocycles. The Morgan fingerprint density at radius 1 is 1.17 bits per heavy atom. The highest BCUT2D eigenvalue weighted by Gasteiger charge is 2.35. The van der Waals surface area contributed by atoms with Crippen molar-refractivity contribution in [1.82, 2.24) is 5.43 Å². The maximum atomic E-state index is 12.8. The number of nitrogens with zero attached hydrogens (tertiary/aromatic N) is 2. The summed E-state index contributed by atoms with van der Waals surface area (Å²) in [6.07, 6.45) is 1.25. The Balaban J connectivity index is 2.11. The Kier molecular flexibility index (Phi) is 5.30. The van der Waals surface area contributed by atoms with Crippen molar-refractivity contribution in [3.05, 3.63) is 68.7 Å². The van der Waals surface area contributed by atoms with Gasteiger partial charge >= 0.3 is 5.69 Å². The molecule has 0 spiro atoms. The van der Waals surface area contributed by atoms with E-state index in [0.717, 1.165) is 11.1 Å². The molecule has 1 aliphatic rings. The number of carbonyl (C=O) groups excluding carboxylic acids is 2. The molecule has 29 heavy (non-hydrogen) atoms. The van der Waals surface area contributed by atoms with E-state index in [1.807, 2.05) is 0 Å². The van der Waals surface area contributed by atoms with Crippen molar-refractivity contribution >= 4 is 40.9 Å². The van der Waals surface area contributed by atoms with Crippen LogP contribution in [-0.4, -0.2) is 22.3 Å². The fourth-order valence-corrected chi connectivity index (χ4v) is 2.95. The molecule has 3 rings (SSSR count). The van der Waals surface area contributed by atoms with E-state index in [2.05, 4.69) is 5.43 Å². The lowest BCUT2D eigenvalue weighted by Crippen LogP contribution is -2.35. The molecule has 0 saturated carbocycles. The first kappa shape index (κ1) is 20.3. The van der Waals surface area contributed by atoms with Crippen molar-refractivity contribution in [2.75, 3.05) is 5.01 Å². The quantitative estimate of drug-likeness (QED) is 0.353. The number of hydrogen-bond donors (Lipinski definition) is 1. The van der Waals surface area contributed by atoms with Crippen LogP contribution in [0, 0.1) is 10.1 Å². The Bertz CT molecular complexity index is 1030. The highest BCUT2D eigenvalue weighted by atomic mass is 35.5. The lowest BCUT2D eigenvalue weighted by Gasteiger charge is -2.22. The molecule has 1 saturated heterocycles. The van der Waals surface area contributed by atoms with E-state index >= 15 is 0 Å². The van der Waals surface area contributed by atoms with Gasteiger partial charge in [-0.2, -0.15) is 0 Å². The zero-order valence-electron chi connectivity index (χ0n) is 15.9. The summed E-state index contributed by atoms with van der Waals surface area (Å²) in [5, 5.41) is 12.7. The van der Waals surface area contributed by atoms with E-state index in [4.69, 9.17) is 16.3 Å². The van der Waals surface area contributed by atoms with Crippen LogP contribution in [0.5, 0.6) is 5.75 Å². The minimum absolute atomic E-state index is 0.0711. The smallest absolute Gasteiger partial charge is 0.313 e. The fourth-order valence-electron chi connectivity index (χ4n) is 2.73. The van der Waals surface area contributed by atoms with Crippen molar-refractivity contribution < 1.29 is 19.2 Å². The third kappa shape index (κ3) is 4.38. The average molecular weight is 416 g/mol. The summed E-state index contributed by atoms with van der Waals surface area (Å²) in [4.78, 5) is 36.1. The van der Waals surface area contributed by atoms with Crippen LogP contribution in [0.3, 0.4) is 0 Å². The molecule has 9 heteroatoms. The van der Waals surface area contributed by atoms with Gasteiger partial charge in [0, 0.05) is 16.7 Å². The van der Waals surface area contributed by atoms with Crippen LogP contribution in [0.1, 0.15) is 26.3 Å². The number of halogens is 1. The van der Waals surface area contributed by atoms with Gasteiger partial charge in [-0.25, -0.2) is 5.01 Å². The van der Waals surface area contributed by atoms with E-state index in [1.54, 1.807) is 51.1 Å².